The van der Waals surface area contributed by atoms with Crippen LogP contribution in [0.3, 0.4) is 0 Å². The van der Waals surface area contributed by atoms with E-state index in [1.54, 1.807) is 18.2 Å². The van der Waals surface area contributed by atoms with Gasteiger partial charge >= 0.3 is 0 Å². The van der Waals surface area contributed by atoms with E-state index < -0.39 is 0 Å². The molecule has 0 spiro atoms. The quantitative estimate of drug-likeness (QED) is 0.752. The normalized spacial score (nSPS) is 13.7. The first-order valence-corrected chi connectivity index (χ1v) is 9.30. The van der Waals surface area contributed by atoms with Gasteiger partial charge in [0.15, 0.2) is 11.5 Å². The van der Waals surface area contributed by atoms with Crippen molar-refractivity contribution in [2.45, 2.75) is 13.0 Å². The van der Waals surface area contributed by atoms with Gasteiger partial charge in [-0.3, -0.25) is 4.79 Å². The van der Waals surface area contributed by atoms with Gasteiger partial charge in [0.1, 0.15) is 5.75 Å². The molecule has 0 radical (unpaired) electrons. The number of benzene rings is 3. The lowest BCUT2D eigenvalue weighted by Crippen LogP contribution is -2.23. The van der Waals surface area contributed by atoms with Gasteiger partial charge in [-0.25, -0.2) is 0 Å². The molecular formula is C23H19NO4. The van der Waals surface area contributed by atoms with E-state index in [1.165, 1.54) is 11.1 Å². The Hall–Kier alpha value is -3.47. The summed E-state index contributed by atoms with van der Waals surface area (Å²) in [6.45, 7) is 1.36. The zero-order valence-electron chi connectivity index (χ0n) is 15.2. The SMILES string of the molecule is O=C(NCc1ccc(-c2ccc3c(c2)CCO3)cc1)c1cccc2c1OCO2. The highest BCUT2D eigenvalue weighted by atomic mass is 16.7. The van der Waals surface area contributed by atoms with Crippen molar-refractivity contribution in [1.29, 1.82) is 0 Å². The van der Waals surface area contributed by atoms with Crippen LogP contribution in [0, 0.1) is 0 Å². The van der Waals surface area contributed by atoms with Crippen LogP contribution in [0.4, 0.5) is 0 Å². The fourth-order valence-corrected chi connectivity index (χ4v) is 3.57. The van der Waals surface area contributed by atoms with Crippen molar-refractivity contribution >= 4 is 5.91 Å². The van der Waals surface area contributed by atoms with E-state index in [2.05, 4.69) is 29.6 Å². The molecule has 140 valence electrons. The predicted molar refractivity (Wildman–Crippen MR) is 105 cm³/mol. The maximum Gasteiger partial charge on any atom is 0.255 e. The maximum absolute atomic E-state index is 12.5. The van der Waals surface area contributed by atoms with Crippen LogP contribution in [0.1, 0.15) is 21.5 Å². The topological polar surface area (TPSA) is 56.8 Å². The van der Waals surface area contributed by atoms with Crippen molar-refractivity contribution in [3.63, 3.8) is 0 Å². The van der Waals surface area contributed by atoms with Crippen molar-refractivity contribution in [1.82, 2.24) is 5.32 Å². The molecule has 0 saturated carbocycles. The monoisotopic (exact) mass is 373 g/mol. The number of ether oxygens (including phenoxy) is 3. The largest absolute Gasteiger partial charge is 0.493 e. The van der Waals surface area contributed by atoms with Crippen LogP contribution in [0.25, 0.3) is 11.1 Å². The maximum atomic E-state index is 12.5. The first-order chi connectivity index (χ1) is 13.8. The van der Waals surface area contributed by atoms with E-state index in [1.807, 2.05) is 18.2 Å². The van der Waals surface area contributed by atoms with Crippen LogP contribution in [0.2, 0.25) is 0 Å². The summed E-state index contributed by atoms with van der Waals surface area (Å²) in [5.41, 5.74) is 5.11. The van der Waals surface area contributed by atoms with Crippen molar-refractivity contribution in [3.05, 3.63) is 77.4 Å². The average molecular weight is 373 g/mol. The Bertz CT molecular complexity index is 1040. The van der Waals surface area contributed by atoms with Crippen molar-refractivity contribution in [2.24, 2.45) is 0 Å². The minimum atomic E-state index is -0.176. The number of rotatable bonds is 4. The number of para-hydroxylation sites is 1. The van der Waals surface area contributed by atoms with Gasteiger partial charge in [-0.1, -0.05) is 36.4 Å². The summed E-state index contributed by atoms with van der Waals surface area (Å²) in [7, 11) is 0. The Morgan fingerprint density at radius 1 is 0.893 bits per heavy atom. The van der Waals surface area contributed by atoms with Crippen LogP contribution < -0.4 is 19.5 Å². The lowest BCUT2D eigenvalue weighted by atomic mass is 10.0. The van der Waals surface area contributed by atoms with Crippen LogP contribution in [-0.4, -0.2) is 19.3 Å². The highest BCUT2D eigenvalue weighted by molar-refractivity contribution is 5.97. The van der Waals surface area contributed by atoms with Crippen LogP contribution in [0.5, 0.6) is 17.2 Å². The zero-order chi connectivity index (χ0) is 18.9. The third-order valence-corrected chi connectivity index (χ3v) is 5.07. The number of carbonyl (C=O) groups excluding carboxylic acids is 1. The molecule has 2 heterocycles. The van der Waals surface area contributed by atoms with E-state index in [9.17, 15) is 4.79 Å². The van der Waals surface area contributed by atoms with Gasteiger partial charge in [-0.15, -0.1) is 0 Å². The van der Waals surface area contributed by atoms with Gasteiger partial charge in [0, 0.05) is 13.0 Å². The highest BCUT2D eigenvalue weighted by Crippen LogP contribution is 2.35. The molecule has 0 saturated heterocycles. The first-order valence-electron chi connectivity index (χ1n) is 9.30. The number of carbonyl (C=O) groups is 1. The van der Waals surface area contributed by atoms with E-state index in [-0.39, 0.29) is 12.7 Å². The van der Waals surface area contributed by atoms with E-state index >= 15 is 0 Å². The highest BCUT2D eigenvalue weighted by Gasteiger charge is 2.21. The standard InChI is InChI=1S/C23H19NO4/c25-23(19-2-1-3-21-22(19)28-14-27-21)24-13-15-4-6-16(7-5-15)17-8-9-20-18(12-17)10-11-26-20/h1-9,12H,10-11,13-14H2,(H,24,25). The molecule has 1 amide bonds. The Labute approximate surface area is 162 Å². The molecule has 0 unspecified atom stereocenters. The number of hydrogen-bond acceptors (Lipinski definition) is 4. The zero-order valence-corrected chi connectivity index (χ0v) is 15.2. The van der Waals surface area contributed by atoms with E-state index in [4.69, 9.17) is 14.2 Å². The second kappa shape index (κ2) is 6.93. The molecule has 5 heteroatoms. The smallest absolute Gasteiger partial charge is 0.255 e. The number of fused-ring (bicyclic) bond motifs is 2. The molecule has 0 bridgehead atoms. The second-order valence-electron chi connectivity index (χ2n) is 6.84. The molecule has 0 fully saturated rings. The first kappa shape index (κ1) is 16.7. The molecule has 2 aliphatic rings. The molecule has 5 nitrogen and oxygen atoms in total. The van der Waals surface area contributed by atoms with Crippen LogP contribution in [-0.2, 0) is 13.0 Å². The summed E-state index contributed by atoms with van der Waals surface area (Å²) in [5, 5.41) is 2.95. The summed E-state index contributed by atoms with van der Waals surface area (Å²) in [6.07, 6.45) is 0.964. The average Bonchev–Trinajstić information content (AvgIpc) is 3.40. The molecular weight excluding hydrogens is 354 g/mol. The Balaban J connectivity index is 1.27. The fraction of sp³-hybridized carbons (Fsp3) is 0.174. The number of amides is 1. The van der Waals surface area contributed by atoms with Crippen molar-refractivity contribution in [3.8, 4) is 28.4 Å². The van der Waals surface area contributed by atoms with Gasteiger partial charge in [0.25, 0.3) is 5.91 Å². The molecule has 2 aliphatic heterocycles. The fourth-order valence-electron chi connectivity index (χ4n) is 3.57. The van der Waals surface area contributed by atoms with Gasteiger partial charge in [-0.2, -0.15) is 0 Å². The van der Waals surface area contributed by atoms with Gasteiger partial charge in [-0.05, 0) is 46.5 Å². The third kappa shape index (κ3) is 3.05. The molecule has 1 N–H and O–H groups in total. The van der Waals surface area contributed by atoms with Crippen molar-refractivity contribution in [2.75, 3.05) is 13.4 Å². The number of nitrogens with one attached hydrogen (secondary N) is 1. The Morgan fingerprint density at radius 3 is 2.64 bits per heavy atom. The molecule has 3 aromatic carbocycles. The molecule has 0 atom stereocenters. The van der Waals surface area contributed by atoms with Gasteiger partial charge in [0.2, 0.25) is 6.79 Å². The summed E-state index contributed by atoms with van der Waals surface area (Å²) in [4.78, 5) is 12.5. The van der Waals surface area contributed by atoms with E-state index in [0.29, 0.717) is 23.6 Å². The van der Waals surface area contributed by atoms with Crippen LogP contribution >= 0.6 is 0 Å². The summed E-state index contributed by atoms with van der Waals surface area (Å²) in [5.74, 6) is 1.93. The minimum Gasteiger partial charge on any atom is -0.493 e. The molecule has 3 aromatic rings. The van der Waals surface area contributed by atoms with Crippen LogP contribution in [0.15, 0.2) is 60.7 Å². The predicted octanol–water partition coefficient (Wildman–Crippen LogP) is 3.95. The Morgan fingerprint density at radius 2 is 1.75 bits per heavy atom. The van der Waals surface area contributed by atoms with Gasteiger partial charge in [0.05, 0.1) is 12.2 Å². The molecule has 28 heavy (non-hydrogen) atoms. The summed E-state index contributed by atoms with van der Waals surface area (Å²) < 4.78 is 16.3. The lowest BCUT2D eigenvalue weighted by Gasteiger charge is -2.09. The molecule has 0 aliphatic carbocycles. The molecule has 0 aromatic heterocycles. The summed E-state index contributed by atoms with van der Waals surface area (Å²) in [6, 6.07) is 19.9. The van der Waals surface area contributed by atoms with E-state index in [0.717, 1.165) is 29.9 Å². The second-order valence-corrected chi connectivity index (χ2v) is 6.84. The number of hydrogen-bond donors (Lipinski definition) is 1. The minimum absolute atomic E-state index is 0.149. The van der Waals surface area contributed by atoms with Gasteiger partial charge < -0.3 is 19.5 Å². The van der Waals surface area contributed by atoms with Crippen molar-refractivity contribution < 1.29 is 19.0 Å². The third-order valence-electron chi connectivity index (χ3n) is 5.07. The molecule has 5 rings (SSSR count). The Kier molecular flexibility index (Phi) is 4.13. The lowest BCUT2D eigenvalue weighted by molar-refractivity contribution is 0.0946. The summed E-state index contributed by atoms with van der Waals surface area (Å²) >= 11 is 0.